The van der Waals surface area contributed by atoms with Gasteiger partial charge in [-0.05, 0) is 86.4 Å². The molecule has 0 unspecified atom stereocenters. The predicted octanol–water partition coefficient (Wildman–Crippen LogP) is 8.23. The fourth-order valence-corrected chi connectivity index (χ4v) is 3.74. The van der Waals surface area contributed by atoms with Crippen molar-refractivity contribution in [1.29, 1.82) is 0 Å². The zero-order chi connectivity index (χ0) is 23.1. The van der Waals surface area contributed by atoms with Crippen molar-refractivity contribution in [2.75, 3.05) is 0 Å². The van der Waals surface area contributed by atoms with E-state index in [-0.39, 0.29) is 21.7 Å². The highest BCUT2D eigenvalue weighted by Gasteiger charge is 2.26. The molecule has 2 aromatic rings. The molecule has 0 saturated carbocycles. The predicted molar refractivity (Wildman–Crippen MR) is 134 cm³/mol. The lowest BCUT2D eigenvalue weighted by molar-refractivity contribution is 0.570. The number of rotatable bonds is 0. The van der Waals surface area contributed by atoms with Crippen LogP contribution in [0.5, 0.6) is 0 Å². The summed E-state index contributed by atoms with van der Waals surface area (Å²) >= 11 is 0. The van der Waals surface area contributed by atoms with Gasteiger partial charge in [0, 0.05) is 22.0 Å². The van der Waals surface area contributed by atoms with Crippen LogP contribution in [0.4, 0.5) is 0 Å². The van der Waals surface area contributed by atoms with Crippen molar-refractivity contribution in [3.8, 4) is 23.7 Å². The number of fused-ring (bicyclic) bond motifs is 1. The Labute approximate surface area is 185 Å². The molecule has 160 valence electrons. The van der Waals surface area contributed by atoms with Crippen LogP contribution in [-0.2, 0) is 10.8 Å². The molecule has 0 atom stereocenters. The maximum Gasteiger partial charge on any atom is 0.0289 e. The summed E-state index contributed by atoms with van der Waals surface area (Å²) in [5, 5.41) is 2.60. The van der Waals surface area contributed by atoms with E-state index in [9.17, 15) is 0 Å². The lowest BCUT2D eigenvalue weighted by Gasteiger charge is -2.28. The molecule has 0 fully saturated rings. The third-order valence-corrected chi connectivity index (χ3v) is 4.85. The Balaban J connectivity index is 2.97. The first kappa shape index (κ1) is 24.1. The Morgan fingerprint density at radius 3 is 1.00 bits per heavy atom. The second-order valence-corrected chi connectivity index (χ2v) is 12.6. The molecule has 30 heavy (non-hydrogen) atoms. The first-order chi connectivity index (χ1) is 13.4. The summed E-state index contributed by atoms with van der Waals surface area (Å²) in [5.74, 6) is 13.9. The summed E-state index contributed by atoms with van der Waals surface area (Å²) in [7, 11) is 0. The maximum absolute atomic E-state index is 3.49. The molecule has 0 radical (unpaired) electrons. The molecule has 0 bridgehead atoms. The Hall–Kier alpha value is -2.18. The average Bonchev–Trinajstić information content (AvgIpc) is 2.53. The standard InChI is InChI=1S/C30H40/c1-27(2,3)19-17-21-13-15-24-23(25(21)29(7,8)9)16-14-22(18-20-28(4,5)6)26(24)30(10,11)12/h13-16H,1-12H3. The Bertz CT molecular complexity index is 969. The third-order valence-electron chi connectivity index (χ3n) is 4.85. The molecule has 0 heterocycles. The van der Waals surface area contributed by atoms with Gasteiger partial charge in [-0.25, -0.2) is 0 Å². The van der Waals surface area contributed by atoms with Crippen LogP contribution in [0.2, 0.25) is 0 Å². The van der Waals surface area contributed by atoms with E-state index in [1.54, 1.807) is 0 Å². The smallest absolute Gasteiger partial charge is 0.0289 e. The molecule has 2 aromatic carbocycles. The van der Waals surface area contributed by atoms with Gasteiger partial charge in [0.2, 0.25) is 0 Å². The van der Waals surface area contributed by atoms with Crippen LogP contribution in [0, 0.1) is 34.5 Å². The zero-order valence-electron chi connectivity index (χ0n) is 21.3. The summed E-state index contributed by atoms with van der Waals surface area (Å²) < 4.78 is 0. The number of hydrogen-bond donors (Lipinski definition) is 0. The Morgan fingerprint density at radius 1 is 0.467 bits per heavy atom. The third kappa shape index (κ3) is 5.92. The van der Waals surface area contributed by atoms with Crippen molar-refractivity contribution in [3.63, 3.8) is 0 Å². The number of hydrogen-bond acceptors (Lipinski definition) is 0. The average molecular weight is 401 g/mol. The van der Waals surface area contributed by atoms with Crippen molar-refractivity contribution in [2.24, 2.45) is 10.8 Å². The highest BCUT2D eigenvalue weighted by molar-refractivity contribution is 5.93. The van der Waals surface area contributed by atoms with Crippen LogP contribution in [0.25, 0.3) is 10.8 Å². The molecule has 0 aliphatic carbocycles. The minimum Gasteiger partial charge on any atom is -0.0919 e. The van der Waals surface area contributed by atoms with Crippen LogP contribution in [0.15, 0.2) is 24.3 Å². The second kappa shape index (κ2) is 7.82. The highest BCUT2D eigenvalue weighted by atomic mass is 14.3. The van der Waals surface area contributed by atoms with E-state index < -0.39 is 0 Å². The molecular weight excluding hydrogens is 360 g/mol. The lowest BCUT2D eigenvalue weighted by Crippen LogP contribution is -2.18. The molecular formula is C30H40. The summed E-state index contributed by atoms with van der Waals surface area (Å²) in [6, 6.07) is 8.97. The normalized spacial score (nSPS) is 12.8. The summed E-state index contributed by atoms with van der Waals surface area (Å²) in [6.45, 7) is 26.7. The first-order valence-electron chi connectivity index (χ1n) is 11.1. The minimum atomic E-state index is -0.0207. The van der Waals surface area contributed by atoms with Gasteiger partial charge >= 0.3 is 0 Å². The summed E-state index contributed by atoms with van der Waals surface area (Å²) in [6.07, 6.45) is 0. The monoisotopic (exact) mass is 400 g/mol. The minimum absolute atomic E-state index is 0.00479. The van der Waals surface area contributed by atoms with Gasteiger partial charge in [-0.3, -0.25) is 0 Å². The molecule has 0 aliphatic heterocycles. The molecule has 0 saturated heterocycles. The fraction of sp³-hybridized carbons (Fsp3) is 0.533. The van der Waals surface area contributed by atoms with Crippen LogP contribution < -0.4 is 0 Å². The molecule has 0 aromatic heterocycles. The molecule has 0 heteroatoms. The van der Waals surface area contributed by atoms with Gasteiger partial charge in [0.15, 0.2) is 0 Å². The van der Waals surface area contributed by atoms with Gasteiger partial charge in [-0.15, -0.1) is 0 Å². The Kier molecular flexibility index (Phi) is 6.28. The van der Waals surface area contributed by atoms with E-state index in [4.69, 9.17) is 0 Å². The van der Waals surface area contributed by atoms with Crippen molar-refractivity contribution >= 4 is 10.8 Å². The van der Waals surface area contributed by atoms with Gasteiger partial charge < -0.3 is 0 Å². The van der Waals surface area contributed by atoms with Gasteiger partial charge in [0.25, 0.3) is 0 Å². The van der Waals surface area contributed by atoms with E-state index in [0.29, 0.717) is 0 Å². The lowest BCUT2D eigenvalue weighted by atomic mass is 9.75. The largest absolute Gasteiger partial charge is 0.0919 e. The van der Waals surface area contributed by atoms with Crippen LogP contribution in [0.1, 0.15) is 105 Å². The fourth-order valence-electron chi connectivity index (χ4n) is 3.74. The second-order valence-electron chi connectivity index (χ2n) is 12.6. The van der Waals surface area contributed by atoms with Gasteiger partial charge in [0.05, 0.1) is 0 Å². The van der Waals surface area contributed by atoms with E-state index >= 15 is 0 Å². The SMILES string of the molecule is CC(C)(C)C#Cc1ccc2c(C(C)(C)C)c(C#CC(C)(C)C)ccc2c1C(C)(C)C. The topological polar surface area (TPSA) is 0 Å². The highest BCUT2D eigenvalue weighted by Crippen LogP contribution is 2.39. The van der Waals surface area contributed by atoms with Crippen molar-refractivity contribution < 1.29 is 0 Å². The van der Waals surface area contributed by atoms with Gasteiger partial charge in [0.1, 0.15) is 0 Å². The van der Waals surface area contributed by atoms with Crippen molar-refractivity contribution in [3.05, 3.63) is 46.5 Å². The summed E-state index contributed by atoms with van der Waals surface area (Å²) in [4.78, 5) is 0. The van der Waals surface area contributed by atoms with E-state index in [0.717, 1.165) is 11.1 Å². The maximum atomic E-state index is 3.49. The van der Waals surface area contributed by atoms with E-state index in [1.165, 1.54) is 21.9 Å². The molecule has 0 amide bonds. The van der Waals surface area contributed by atoms with Crippen molar-refractivity contribution in [2.45, 2.75) is 93.9 Å². The molecule has 0 N–H and O–H groups in total. The van der Waals surface area contributed by atoms with E-state index in [2.05, 4.69) is 131 Å². The Morgan fingerprint density at radius 2 is 0.767 bits per heavy atom. The van der Waals surface area contributed by atoms with E-state index in [1.807, 2.05) is 0 Å². The quantitative estimate of drug-likeness (QED) is 0.391. The van der Waals surface area contributed by atoms with Crippen molar-refractivity contribution in [1.82, 2.24) is 0 Å². The van der Waals surface area contributed by atoms with Gasteiger partial charge in [-0.1, -0.05) is 77.4 Å². The van der Waals surface area contributed by atoms with Crippen LogP contribution >= 0.6 is 0 Å². The van der Waals surface area contributed by atoms with Crippen LogP contribution in [-0.4, -0.2) is 0 Å². The number of benzene rings is 2. The van der Waals surface area contributed by atoms with Gasteiger partial charge in [-0.2, -0.15) is 0 Å². The molecule has 0 spiro atoms. The molecule has 0 nitrogen and oxygen atoms in total. The summed E-state index contributed by atoms with van der Waals surface area (Å²) in [5.41, 5.74) is 4.89. The first-order valence-corrected chi connectivity index (χ1v) is 11.1. The molecule has 0 aliphatic rings. The molecule has 2 rings (SSSR count). The van der Waals surface area contributed by atoms with Crippen LogP contribution in [0.3, 0.4) is 0 Å². The zero-order valence-corrected chi connectivity index (χ0v) is 21.3.